The Morgan fingerprint density at radius 1 is 1.12 bits per heavy atom. The zero-order chi connectivity index (χ0) is 29.4. The Hall–Kier alpha value is -3.71. The van der Waals surface area contributed by atoms with Gasteiger partial charge in [0.05, 0.1) is 17.9 Å². The number of nitrogens with zero attached hydrogens (tertiary/aromatic N) is 2. The zero-order valence-electron chi connectivity index (χ0n) is 20.8. The molecule has 13 heteroatoms. The molecule has 41 heavy (non-hydrogen) atoms. The number of halogens is 7. The average molecular weight is 596 g/mol. The van der Waals surface area contributed by atoms with Crippen LogP contribution in [0.5, 0.6) is 0 Å². The first-order valence-corrected chi connectivity index (χ1v) is 13.2. The molecule has 1 amide bonds. The molecule has 2 aromatic carbocycles. The van der Waals surface area contributed by atoms with Crippen molar-refractivity contribution in [3.05, 3.63) is 101 Å². The van der Waals surface area contributed by atoms with Crippen LogP contribution >= 0.6 is 11.8 Å². The highest BCUT2D eigenvalue weighted by atomic mass is 32.2. The van der Waals surface area contributed by atoms with Gasteiger partial charge in [0.25, 0.3) is 12.3 Å². The number of amides is 1. The number of fused-ring (bicyclic) bond motifs is 1. The maximum absolute atomic E-state index is 15.3. The van der Waals surface area contributed by atoms with Crippen LogP contribution in [-0.2, 0) is 16.5 Å². The normalized spacial score (nSPS) is 22.8. The summed E-state index contributed by atoms with van der Waals surface area (Å²) in [7, 11) is 0. The molecule has 1 fully saturated rings. The summed E-state index contributed by atoms with van der Waals surface area (Å²) in [6.45, 7) is -0.426. The molecule has 2 aliphatic heterocycles. The largest absolute Gasteiger partial charge is 0.417 e. The molecule has 3 atom stereocenters. The van der Waals surface area contributed by atoms with Gasteiger partial charge in [0.15, 0.2) is 5.17 Å². The third kappa shape index (κ3) is 5.87. The second-order valence-electron chi connectivity index (χ2n) is 9.35. The van der Waals surface area contributed by atoms with Crippen LogP contribution < -0.4 is 5.32 Å². The lowest BCUT2D eigenvalue weighted by Gasteiger charge is -2.36. The van der Waals surface area contributed by atoms with Crippen LogP contribution in [0.15, 0.2) is 71.9 Å². The van der Waals surface area contributed by atoms with E-state index in [1.54, 1.807) is 30.3 Å². The molecule has 0 bridgehead atoms. The summed E-state index contributed by atoms with van der Waals surface area (Å²) in [6, 6.07) is 13.2. The highest BCUT2D eigenvalue weighted by molar-refractivity contribution is 8.13. The fraction of sp³-hybridized carbons (Fsp3) is 0.250. The highest BCUT2D eigenvalue weighted by Crippen LogP contribution is 2.50. The number of hydrogen-bond donors (Lipinski definition) is 1. The molecule has 1 aromatic heterocycles. The number of alkyl halides is 5. The Labute approximate surface area is 233 Å². The SMILES string of the molecule is O=C(NC1=N[C@@]2(c3cc(/C=C(\F)c4ccc(C(F)(F)F)cn4)ccc3F)CO[C@H](C(F)F)[C@H]2CS1)c1ccccc1. The van der Waals surface area contributed by atoms with E-state index in [4.69, 9.17) is 4.74 Å². The molecule has 1 saturated heterocycles. The average Bonchev–Trinajstić information content (AvgIpc) is 3.34. The van der Waals surface area contributed by atoms with Gasteiger partial charge in [-0.05, 0) is 48.0 Å². The number of rotatable bonds is 5. The number of aliphatic imine (C=N–C) groups is 1. The molecule has 0 saturated carbocycles. The van der Waals surface area contributed by atoms with Crippen LogP contribution in [0.25, 0.3) is 11.9 Å². The van der Waals surface area contributed by atoms with Gasteiger partial charge in [-0.1, -0.05) is 36.0 Å². The second-order valence-corrected chi connectivity index (χ2v) is 10.4. The smallest absolute Gasteiger partial charge is 0.369 e. The summed E-state index contributed by atoms with van der Waals surface area (Å²) in [5.41, 5.74) is -2.85. The van der Waals surface area contributed by atoms with E-state index in [0.29, 0.717) is 17.8 Å². The molecule has 3 heterocycles. The van der Waals surface area contributed by atoms with Gasteiger partial charge in [-0.15, -0.1) is 0 Å². The first-order valence-electron chi connectivity index (χ1n) is 12.2. The number of thioether (sulfide) groups is 1. The maximum atomic E-state index is 15.3. The lowest BCUT2D eigenvalue weighted by Crippen LogP contribution is -2.45. The molecule has 3 aromatic rings. The van der Waals surface area contributed by atoms with Gasteiger partial charge < -0.3 is 10.1 Å². The summed E-state index contributed by atoms with van der Waals surface area (Å²) in [6.07, 6.45) is -7.69. The molecule has 214 valence electrons. The monoisotopic (exact) mass is 595 g/mol. The van der Waals surface area contributed by atoms with Crippen LogP contribution in [0.4, 0.5) is 30.7 Å². The van der Waals surface area contributed by atoms with Crippen LogP contribution in [0.2, 0.25) is 0 Å². The van der Waals surface area contributed by atoms with E-state index in [2.05, 4.69) is 15.3 Å². The van der Waals surface area contributed by atoms with E-state index in [-0.39, 0.29) is 27.7 Å². The van der Waals surface area contributed by atoms with Crippen molar-refractivity contribution < 1.29 is 40.3 Å². The Balaban J connectivity index is 1.51. The standard InChI is InChI=1S/C28H20F7N3O2S/c29-20-8-6-15(11-21(30)22-9-7-17(12-36-22)28(33,34)35)10-18(20)27-14-40-23(24(31)32)19(27)13-41-26(38-27)37-25(39)16-4-2-1-3-5-16/h1-12,19,23-24H,13-14H2,(H,37,38,39)/b21-11-/t19-,23+,27-/m1/s1. The number of amidine groups is 1. The Morgan fingerprint density at radius 2 is 1.88 bits per heavy atom. The number of aromatic nitrogens is 1. The van der Waals surface area contributed by atoms with Crippen LogP contribution in [-0.4, -0.2) is 40.9 Å². The third-order valence-electron chi connectivity index (χ3n) is 6.80. The minimum atomic E-state index is -4.65. The van der Waals surface area contributed by atoms with Crippen molar-refractivity contribution in [2.24, 2.45) is 10.9 Å². The predicted octanol–water partition coefficient (Wildman–Crippen LogP) is 6.72. The van der Waals surface area contributed by atoms with E-state index < -0.39 is 59.9 Å². The number of pyridine rings is 1. The fourth-order valence-electron chi connectivity index (χ4n) is 4.74. The Bertz CT molecular complexity index is 1500. The summed E-state index contributed by atoms with van der Waals surface area (Å²) < 4.78 is 102. The lowest BCUT2D eigenvalue weighted by molar-refractivity contribution is -0.137. The summed E-state index contributed by atoms with van der Waals surface area (Å²) in [4.78, 5) is 20.8. The van der Waals surface area contributed by atoms with Gasteiger partial charge in [-0.25, -0.2) is 22.6 Å². The van der Waals surface area contributed by atoms with Crippen LogP contribution in [0.1, 0.15) is 32.7 Å². The van der Waals surface area contributed by atoms with Gasteiger partial charge in [0, 0.05) is 29.0 Å². The second kappa shape index (κ2) is 11.3. The maximum Gasteiger partial charge on any atom is 0.417 e. The van der Waals surface area contributed by atoms with Gasteiger partial charge in [0.2, 0.25) is 0 Å². The van der Waals surface area contributed by atoms with Gasteiger partial charge >= 0.3 is 6.18 Å². The molecule has 0 aliphatic carbocycles. The number of ether oxygens (including phenoxy) is 1. The Kier molecular flexibility index (Phi) is 7.93. The summed E-state index contributed by atoms with van der Waals surface area (Å²) in [5.74, 6) is -3.29. The molecular formula is C28H20F7N3O2S. The van der Waals surface area contributed by atoms with E-state index in [9.17, 15) is 31.1 Å². The van der Waals surface area contributed by atoms with Crippen molar-refractivity contribution in [3.63, 3.8) is 0 Å². The van der Waals surface area contributed by atoms with Crippen molar-refractivity contribution in [1.29, 1.82) is 0 Å². The molecule has 0 radical (unpaired) electrons. The molecule has 5 rings (SSSR count). The number of carbonyl (C=O) groups excluding carboxylic acids is 1. The molecule has 5 nitrogen and oxygen atoms in total. The molecule has 0 unspecified atom stereocenters. The molecule has 1 N–H and O–H groups in total. The highest BCUT2D eigenvalue weighted by Gasteiger charge is 2.57. The van der Waals surface area contributed by atoms with Crippen molar-refractivity contribution in [2.75, 3.05) is 12.4 Å². The minimum absolute atomic E-state index is 0.0201. The Morgan fingerprint density at radius 3 is 2.54 bits per heavy atom. The van der Waals surface area contributed by atoms with Crippen molar-refractivity contribution in [1.82, 2.24) is 10.3 Å². The number of nitrogens with one attached hydrogen (secondary N) is 1. The first kappa shape index (κ1) is 28.8. The minimum Gasteiger partial charge on any atom is -0.369 e. The van der Waals surface area contributed by atoms with E-state index in [1.165, 1.54) is 12.1 Å². The lowest BCUT2D eigenvalue weighted by atomic mass is 9.78. The van der Waals surface area contributed by atoms with Crippen LogP contribution in [0.3, 0.4) is 0 Å². The summed E-state index contributed by atoms with van der Waals surface area (Å²) in [5, 5.41) is 2.72. The molecular weight excluding hydrogens is 575 g/mol. The first-order chi connectivity index (χ1) is 19.5. The van der Waals surface area contributed by atoms with E-state index >= 15 is 4.39 Å². The molecule has 0 spiro atoms. The van der Waals surface area contributed by atoms with Gasteiger partial charge in [0.1, 0.15) is 23.3 Å². The van der Waals surface area contributed by atoms with E-state index in [0.717, 1.165) is 30.0 Å². The quantitative estimate of drug-likeness (QED) is 0.333. The third-order valence-corrected chi connectivity index (χ3v) is 7.79. The topological polar surface area (TPSA) is 63.6 Å². The summed E-state index contributed by atoms with van der Waals surface area (Å²) >= 11 is 1.02. The van der Waals surface area contributed by atoms with Gasteiger partial charge in [-0.2, -0.15) is 13.2 Å². The van der Waals surface area contributed by atoms with Crippen LogP contribution in [0, 0.1) is 11.7 Å². The number of hydrogen-bond acceptors (Lipinski definition) is 5. The fourth-order valence-corrected chi connectivity index (χ4v) is 5.94. The number of benzene rings is 2. The molecule has 2 aliphatic rings. The van der Waals surface area contributed by atoms with Crippen molar-refractivity contribution >= 4 is 34.7 Å². The van der Waals surface area contributed by atoms with Gasteiger partial charge in [-0.3, -0.25) is 9.78 Å². The van der Waals surface area contributed by atoms with Crippen molar-refractivity contribution in [2.45, 2.75) is 24.2 Å². The van der Waals surface area contributed by atoms with E-state index in [1.807, 2.05) is 0 Å². The predicted molar refractivity (Wildman–Crippen MR) is 139 cm³/mol. The zero-order valence-corrected chi connectivity index (χ0v) is 21.7. The van der Waals surface area contributed by atoms with Crippen molar-refractivity contribution in [3.8, 4) is 0 Å². The number of carbonyl (C=O) groups is 1.